The van der Waals surface area contributed by atoms with Crippen LogP contribution in [0.25, 0.3) is 0 Å². The third-order valence-electron chi connectivity index (χ3n) is 3.28. The minimum absolute atomic E-state index is 0.129. The molecule has 1 aromatic heterocycles. The molecule has 2 rings (SSSR count). The van der Waals surface area contributed by atoms with Gasteiger partial charge in [-0.25, -0.2) is 9.98 Å². The molecule has 0 aliphatic heterocycles. The Bertz CT molecular complexity index is 636. The average molecular weight is 326 g/mol. The molecule has 0 spiro atoms. The van der Waals surface area contributed by atoms with Crippen LogP contribution in [0.15, 0.2) is 53.7 Å². The standard InChI is InChI=1S/C19H26N4O/c1-15(2)24-18-11-10-17(13-20-18)14-22-19(23(3)4)21-12-16-8-6-5-7-9-16/h5-11,13,15H,12,14H2,1-4H3,(H,21,22). The molecular formula is C19H26N4O. The van der Waals surface area contributed by atoms with Crippen LogP contribution in [0.3, 0.4) is 0 Å². The lowest BCUT2D eigenvalue weighted by molar-refractivity contribution is 0.232. The number of guanidine groups is 1. The summed E-state index contributed by atoms with van der Waals surface area (Å²) in [7, 11) is 3.96. The molecule has 0 saturated carbocycles. The maximum atomic E-state index is 5.55. The lowest BCUT2D eigenvalue weighted by Crippen LogP contribution is -2.36. The van der Waals surface area contributed by atoms with Crippen molar-refractivity contribution in [2.45, 2.75) is 33.0 Å². The van der Waals surface area contributed by atoms with E-state index in [1.165, 1.54) is 5.56 Å². The Morgan fingerprint density at radius 3 is 2.46 bits per heavy atom. The van der Waals surface area contributed by atoms with Gasteiger partial charge in [0.25, 0.3) is 0 Å². The summed E-state index contributed by atoms with van der Waals surface area (Å²) in [4.78, 5) is 10.9. The fourth-order valence-electron chi connectivity index (χ4n) is 2.11. The highest BCUT2D eigenvalue weighted by Gasteiger charge is 2.03. The van der Waals surface area contributed by atoms with Gasteiger partial charge in [0.2, 0.25) is 5.88 Å². The van der Waals surface area contributed by atoms with Crippen molar-refractivity contribution >= 4 is 5.96 Å². The van der Waals surface area contributed by atoms with Gasteiger partial charge >= 0.3 is 0 Å². The predicted molar refractivity (Wildman–Crippen MR) is 98.1 cm³/mol. The molecule has 128 valence electrons. The van der Waals surface area contributed by atoms with Gasteiger partial charge in [-0.1, -0.05) is 36.4 Å². The van der Waals surface area contributed by atoms with Gasteiger partial charge in [0.15, 0.2) is 5.96 Å². The summed E-state index contributed by atoms with van der Waals surface area (Å²) in [5, 5.41) is 3.37. The molecule has 0 bridgehead atoms. The average Bonchev–Trinajstić information content (AvgIpc) is 2.56. The molecule has 0 atom stereocenters. The molecule has 0 fully saturated rings. The number of ether oxygens (including phenoxy) is 1. The van der Waals surface area contributed by atoms with Crippen LogP contribution in [0.2, 0.25) is 0 Å². The molecule has 5 heteroatoms. The van der Waals surface area contributed by atoms with E-state index in [9.17, 15) is 0 Å². The van der Waals surface area contributed by atoms with Crippen LogP contribution in [0.1, 0.15) is 25.0 Å². The van der Waals surface area contributed by atoms with E-state index in [2.05, 4.69) is 27.4 Å². The first-order chi connectivity index (χ1) is 11.5. The molecule has 1 aromatic carbocycles. The van der Waals surface area contributed by atoms with Gasteiger partial charge in [-0.15, -0.1) is 0 Å². The van der Waals surface area contributed by atoms with Crippen molar-refractivity contribution < 1.29 is 4.74 Å². The van der Waals surface area contributed by atoms with Crippen LogP contribution in [0.4, 0.5) is 0 Å². The quantitative estimate of drug-likeness (QED) is 0.655. The molecule has 1 N–H and O–H groups in total. The van der Waals surface area contributed by atoms with Gasteiger partial charge in [-0.05, 0) is 25.0 Å². The van der Waals surface area contributed by atoms with E-state index in [1.54, 1.807) is 0 Å². The van der Waals surface area contributed by atoms with Crippen LogP contribution in [0, 0.1) is 0 Å². The molecule has 0 saturated heterocycles. The summed E-state index contributed by atoms with van der Waals surface area (Å²) in [6.07, 6.45) is 1.94. The summed E-state index contributed by atoms with van der Waals surface area (Å²) in [5.74, 6) is 1.49. The number of nitrogens with one attached hydrogen (secondary N) is 1. The third-order valence-corrected chi connectivity index (χ3v) is 3.28. The van der Waals surface area contributed by atoms with E-state index < -0.39 is 0 Å². The van der Waals surface area contributed by atoms with E-state index in [4.69, 9.17) is 4.74 Å². The van der Waals surface area contributed by atoms with Gasteiger partial charge < -0.3 is 15.0 Å². The number of benzene rings is 1. The second kappa shape index (κ2) is 8.91. The SMILES string of the molecule is CC(C)Oc1ccc(CN=C(NCc2ccccc2)N(C)C)cn1. The van der Waals surface area contributed by atoms with Crippen molar-refractivity contribution in [2.75, 3.05) is 14.1 Å². The molecule has 2 aromatic rings. The summed E-state index contributed by atoms with van der Waals surface area (Å²) < 4.78 is 5.55. The Morgan fingerprint density at radius 2 is 1.88 bits per heavy atom. The lowest BCUT2D eigenvalue weighted by atomic mass is 10.2. The summed E-state index contributed by atoms with van der Waals surface area (Å²) >= 11 is 0. The molecule has 0 amide bonds. The van der Waals surface area contributed by atoms with Crippen molar-refractivity contribution in [1.82, 2.24) is 15.2 Å². The molecule has 0 aliphatic carbocycles. The highest BCUT2D eigenvalue weighted by atomic mass is 16.5. The summed E-state index contributed by atoms with van der Waals surface area (Å²) in [5.41, 5.74) is 2.27. The molecular weight excluding hydrogens is 300 g/mol. The Hall–Kier alpha value is -2.56. The van der Waals surface area contributed by atoms with Crippen LogP contribution < -0.4 is 10.1 Å². The van der Waals surface area contributed by atoms with Gasteiger partial charge in [-0.2, -0.15) is 0 Å². The number of aromatic nitrogens is 1. The zero-order valence-electron chi connectivity index (χ0n) is 14.9. The fourth-order valence-corrected chi connectivity index (χ4v) is 2.11. The van der Waals surface area contributed by atoms with Crippen molar-refractivity contribution in [3.63, 3.8) is 0 Å². The molecule has 0 unspecified atom stereocenters. The van der Waals surface area contributed by atoms with E-state index in [0.29, 0.717) is 12.4 Å². The van der Waals surface area contributed by atoms with Crippen LogP contribution in [-0.4, -0.2) is 36.0 Å². The van der Waals surface area contributed by atoms with Gasteiger partial charge in [-0.3, -0.25) is 0 Å². The number of aliphatic imine (C=N–C) groups is 1. The fraction of sp³-hybridized carbons (Fsp3) is 0.368. The first kappa shape index (κ1) is 17.8. The first-order valence-electron chi connectivity index (χ1n) is 8.15. The number of hydrogen-bond acceptors (Lipinski definition) is 3. The number of hydrogen-bond donors (Lipinski definition) is 1. The van der Waals surface area contributed by atoms with Crippen LogP contribution >= 0.6 is 0 Å². The highest BCUT2D eigenvalue weighted by molar-refractivity contribution is 5.79. The Balaban J connectivity index is 1.95. The van der Waals surface area contributed by atoms with E-state index in [1.807, 2.05) is 69.4 Å². The topological polar surface area (TPSA) is 49.8 Å². The van der Waals surface area contributed by atoms with E-state index in [-0.39, 0.29) is 6.10 Å². The largest absolute Gasteiger partial charge is 0.475 e. The molecule has 1 heterocycles. The summed E-state index contributed by atoms with van der Waals surface area (Å²) in [6, 6.07) is 14.2. The van der Waals surface area contributed by atoms with Crippen LogP contribution in [0.5, 0.6) is 5.88 Å². The van der Waals surface area contributed by atoms with Crippen LogP contribution in [-0.2, 0) is 13.1 Å². The Morgan fingerprint density at radius 1 is 1.12 bits per heavy atom. The minimum atomic E-state index is 0.129. The monoisotopic (exact) mass is 326 g/mol. The number of rotatable bonds is 6. The van der Waals surface area contributed by atoms with Gasteiger partial charge in [0.05, 0.1) is 12.6 Å². The van der Waals surface area contributed by atoms with Gasteiger partial charge in [0.1, 0.15) is 0 Å². The van der Waals surface area contributed by atoms with Crippen molar-refractivity contribution in [3.8, 4) is 5.88 Å². The van der Waals surface area contributed by atoms with Crippen molar-refractivity contribution in [1.29, 1.82) is 0 Å². The number of pyridine rings is 1. The van der Waals surface area contributed by atoms with Gasteiger partial charge in [0, 0.05) is 32.9 Å². The second-order valence-electron chi connectivity index (χ2n) is 6.04. The Kier molecular flexibility index (Phi) is 6.61. The maximum Gasteiger partial charge on any atom is 0.213 e. The first-order valence-corrected chi connectivity index (χ1v) is 8.15. The molecule has 0 aliphatic rings. The molecule has 5 nitrogen and oxygen atoms in total. The van der Waals surface area contributed by atoms with Crippen molar-refractivity contribution in [2.24, 2.45) is 4.99 Å². The minimum Gasteiger partial charge on any atom is -0.475 e. The summed E-state index contributed by atoms with van der Waals surface area (Å²) in [6.45, 7) is 5.30. The third kappa shape index (κ3) is 5.91. The highest BCUT2D eigenvalue weighted by Crippen LogP contribution is 2.10. The second-order valence-corrected chi connectivity index (χ2v) is 6.04. The molecule has 24 heavy (non-hydrogen) atoms. The normalized spacial score (nSPS) is 11.5. The maximum absolute atomic E-state index is 5.55. The molecule has 0 radical (unpaired) electrons. The predicted octanol–water partition coefficient (Wildman–Crippen LogP) is 3.08. The zero-order valence-corrected chi connectivity index (χ0v) is 14.9. The lowest BCUT2D eigenvalue weighted by Gasteiger charge is -2.17. The smallest absolute Gasteiger partial charge is 0.213 e. The van der Waals surface area contributed by atoms with E-state index >= 15 is 0 Å². The Labute approximate surface area is 144 Å². The van der Waals surface area contributed by atoms with Crippen molar-refractivity contribution in [3.05, 3.63) is 59.8 Å². The zero-order chi connectivity index (χ0) is 17.4. The number of nitrogens with zero attached hydrogens (tertiary/aromatic N) is 3. The van der Waals surface area contributed by atoms with E-state index in [0.717, 1.165) is 18.1 Å².